The van der Waals surface area contributed by atoms with Crippen molar-refractivity contribution in [3.8, 4) is 0 Å². The molecule has 0 saturated heterocycles. The number of Topliss-reactive ketones (excluding diaryl/α,β-unsaturated/α-hetero) is 1. The van der Waals surface area contributed by atoms with Gasteiger partial charge in [0.1, 0.15) is 5.92 Å². The summed E-state index contributed by atoms with van der Waals surface area (Å²) < 4.78 is 5.02. The fourth-order valence-electron chi connectivity index (χ4n) is 3.95. The van der Waals surface area contributed by atoms with Crippen LogP contribution in [0.4, 0.5) is 0 Å². The fraction of sp³-hybridized carbons (Fsp3) is 0.300. The second-order valence-electron chi connectivity index (χ2n) is 6.58. The number of esters is 1. The predicted octanol–water partition coefficient (Wildman–Crippen LogP) is 4.20. The van der Waals surface area contributed by atoms with Crippen LogP contribution in [-0.2, 0) is 14.3 Å². The average molecular weight is 386 g/mol. The van der Waals surface area contributed by atoms with Crippen molar-refractivity contribution in [1.29, 1.82) is 0 Å². The Hall–Kier alpha value is -2.18. The summed E-state index contributed by atoms with van der Waals surface area (Å²) in [5.74, 6) is -0.972. The normalized spacial score (nSPS) is 25.7. The first-order valence-electron chi connectivity index (χ1n) is 8.46. The minimum atomic E-state index is -0.584. The van der Waals surface area contributed by atoms with Crippen LogP contribution in [0, 0.1) is 5.92 Å². The van der Waals surface area contributed by atoms with Crippen LogP contribution in [0.5, 0.6) is 0 Å². The summed E-state index contributed by atoms with van der Waals surface area (Å²) in [6.45, 7) is 4.08. The first-order chi connectivity index (χ1) is 12.6. The van der Waals surface area contributed by atoms with Crippen molar-refractivity contribution in [3.63, 3.8) is 0 Å². The minimum Gasteiger partial charge on any atom is -0.468 e. The molecule has 4 nitrogen and oxygen atoms in total. The number of hydrogen-bond acceptors (Lipinski definition) is 6. The Bertz CT molecular complexity index is 880. The molecule has 1 aliphatic carbocycles. The number of methoxy groups -OCH3 is 1. The van der Waals surface area contributed by atoms with E-state index >= 15 is 0 Å². The molecule has 0 spiro atoms. The largest absolute Gasteiger partial charge is 0.468 e. The van der Waals surface area contributed by atoms with Crippen LogP contribution in [0.3, 0.4) is 0 Å². The Morgan fingerprint density at radius 3 is 2.50 bits per heavy atom. The molecule has 0 bridgehead atoms. The summed E-state index contributed by atoms with van der Waals surface area (Å²) in [5, 5.41) is 7.28. The third kappa shape index (κ3) is 2.83. The smallest absolute Gasteiger partial charge is 0.315 e. The molecule has 1 aliphatic heterocycles. The third-order valence-corrected chi connectivity index (χ3v) is 7.08. The van der Waals surface area contributed by atoms with Gasteiger partial charge >= 0.3 is 5.97 Å². The van der Waals surface area contributed by atoms with Gasteiger partial charge in [-0.05, 0) is 29.3 Å². The lowest BCUT2D eigenvalue weighted by Crippen LogP contribution is -2.41. The topological polar surface area (TPSA) is 55.4 Å². The molecular weight excluding hydrogens is 366 g/mol. The second-order valence-corrected chi connectivity index (χ2v) is 8.54. The molecule has 6 heteroatoms. The standard InChI is InChI=1S/C20H19NO3S2/c1-11-17(20(23)24-2)19(16-6-4-8-26-16)18-13(21-11)9-12(10-14(18)22)15-5-3-7-25-15/h3-8,12,17,19,21H,1,9-10H2,2H3. The Kier molecular flexibility index (Phi) is 4.54. The van der Waals surface area contributed by atoms with E-state index in [1.54, 1.807) is 22.7 Å². The second kappa shape index (κ2) is 6.85. The van der Waals surface area contributed by atoms with Gasteiger partial charge in [-0.1, -0.05) is 18.7 Å². The highest BCUT2D eigenvalue weighted by atomic mass is 32.1. The van der Waals surface area contributed by atoms with Crippen molar-refractivity contribution >= 4 is 34.4 Å². The van der Waals surface area contributed by atoms with Gasteiger partial charge in [-0.3, -0.25) is 9.59 Å². The number of carbonyl (C=O) groups is 2. The molecule has 3 heterocycles. The number of carbonyl (C=O) groups excluding carboxylic acids is 2. The zero-order chi connectivity index (χ0) is 18.3. The molecule has 3 unspecified atom stereocenters. The maximum absolute atomic E-state index is 13.1. The van der Waals surface area contributed by atoms with Crippen molar-refractivity contribution < 1.29 is 14.3 Å². The number of nitrogens with one attached hydrogen (secondary N) is 1. The Balaban J connectivity index is 1.79. The van der Waals surface area contributed by atoms with Crippen molar-refractivity contribution in [2.24, 2.45) is 5.92 Å². The monoisotopic (exact) mass is 385 g/mol. The van der Waals surface area contributed by atoms with Crippen LogP contribution in [0.15, 0.2) is 58.6 Å². The van der Waals surface area contributed by atoms with E-state index in [0.29, 0.717) is 12.1 Å². The predicted molar refractivity (Wildman–Crippen MR) is 103 cm³/mol. The molecule has 2 aliphatic rings. The van der Waals surface area contributed by atoms with Crippen LogP contribution >= 0.6 is 22.7 Å². The average Bonchev–Trinajstić information content (AvgIpc) is 3.33. The Labute approximate surface area is 160 Å². The number of ketones is 1. The summed E-state index contributed by atoms with van der Waals surface area (Å²) in [4.78, 5) is 27.8. The number of thiophene rings is 2. The van der Waals surface area contributed by atoms with Gasteiger partial charge in [0.25, 0.3) is 0 Å². The van der Waals surface area contributed by atoms with Gasteiger partial charge in [0.15, 0.2) is 5.78 Å². The number of allylic oxidation sites excluding steroid dienone is 2. The van der Waals surface area contributed by atoms with Gasteiger partial charge in [0.2, 0.25) is 0 Å². The summed E-state index contributed by atoms with van der Waals surface area (Å²) in [7, 11) is 1.38. The summed E-state index contributed by atoms with van der Waals surface area (Å²) in [6.07, 6.45) is 1.24. The van der Waals surface area contributed by atoms with E-state index in [1.807, 2.05) is 29.0 Å². The Morgan fingerprint density at radius 2 is 1.88 bits per heavy atom. The van der Waals surface area contributed by atoms with E-state index in [9.17, 15) is 9.59 Å². The molecule has 1 N–H and O–H groups in total. The first kappa shape index (κ1) is 17.2. The van der Waals surface area contributed by atoms with E-state index in [4.69, 9.17) is 4.74 Å². The fourth-order valence-corrected chi connectivity index (χ4v) is 5.66. The van der Waals surface area contributed by atoms with Crippen molar-refractivity contribution in [3.05, 3.63) is 68.3 Å². The summed E-state index contributed by atoms with van der Waals surface area (Å²) in [6, 6.07) is 8.03. The molecule has 3 atom stereocenters. The molecule has 2 aromatic heterocycles. The Morgan fingerprint density at radius 1 is 1.19 bits per heavy atom. The minimum absolute atomic E-state index is 0.108. The van der Waals surface area contributed by atoms with Crippen molar-refractivity contribution in [2.75, 3.05) is 7.11 Å². The van der Waals surface area contributed by atoms with Crippen molar-refractivity contribution in [1.82, 2.24) is 5.32 Å². The van der Waals surface area contributed by atoms with E-state index in [1.165, 1.54) is 12.0 Å². The highest BCUT2D eigenvalue weighted by molar-refractivity contribution is 7.10. The quantitative estimate of drug-likeness (QED) is 0.805. The molecule has 134 valence electrons. The van der Waals surface area contributed by atoms with Crippen LogP contribution in [0.25, 0.3) is 0 Å². The number of rotatable bonds is 3. The summed E-state index contributed by atoms with van der Waals surface area (Å²) in [5.41, 5.74) is 2.24. The van der Waals surface area contributed by atoms with Gasteiger partial charge in [-0.25, -0.2) is 0 Å². The highest BCUT2D eigenvalue weighted by Gasteiger charge is 2.45. The molecule has 0 radical (unpaired) electrons. The zero-order valence-electron chi connectivity index (χ0n) is 14.4. The van der Waals surface area contributed by atoms with E-state index in [0.717, 1.165) is 22.6 Å². The summed E-state index contributed by atoms with van der Waals surface area (Å²) >= 11 is 3.24. The van der Waals surface area contributed by atoms with Gasteiger partial charge in [-0.2, -0.15) is 0 Å². The lowest BCUT2D eigenvalue weighted by Gasteiger charge is -2.39. The molecule has 26 heavy (non-hydrogen) atoms. The van der Waals surface area contributed by atoms with Gasteiger partial charge in [-0.15, -0.1) is 22.7 Å². The van der Waals surface area contributed by atoms with Gasteiger partial charge in [0.05, 0.1) is 7.11 Å². The lowest BCUT2D eigenvalue weighted by atomic mass is 9.71. The number of hydrogen-bond donors (Lipinski definition) is 1. The van der Waals surface area contributed by atoms with E-state index in [-0.39, 0.29) is 23.6 Å². The molecule has 0 fully saturated rings. The van der Waals surface area contributed by atoms with Crippen LogP contribution in [0.1, 0.15) is 34.4 Å². The lowest BCUT2D eigenvalue weighted by molar-refractivity contribution is -0.144. The van der Waals surface area contributed by atoms with E-state index in [2.05, 4.69) is 18.0 Å². The van der Waals surface area contributed by atoms with Crippen LogP contribution in [0.2, 0.25) is 0 Å². The van der Waals surface area contributed by atoms with Crippen LogP contribution in [-0.4, -0.2) is 18.9 Å². The third-order valence-electron chi connectivity index (χ3n) is 5.09. The first-order valence-corrected chi connectivity index (χ1v) is 10.2. The van der Waals surface area contributed by atoms with Gasteiger partial charge < -0.3 is 10.1 Å². The van der Waals surface area contributed by atoms with Gasteiger partial charge in [0, 0.05) is 45.0 Å². The maximum Gasteiger partial charge on any atom is 0.315 e. The number of ether oxygens (including phenoxy) is 1. The SMILES string of the molecule is C=C1NC2=C(C(=O)CC(c3cccs3)C2)C(c2cccs2)C1C(=O)OC. The molecular formula is C20H19NO3S2. The molecule has 0 saturated carbocycles. The van der Waals surface area contributed by atoms with Crippen LogP contribution < -0.4 is 5.32 Å². The molecule has 0 amide bonds. The zero-order valence-corrected chi connectivity index (χ0v) is 16.0. The molecule has 0 aromatic carbocycles. The van der Waals surface area contributed by atoms with Crippen molar-refractivity contribution in [2.45, 2.75) is 24.7 Å². The maximum atomic E-state index is 13.1. The van der Waals surface area contributed by atoms with E-state index < -0.39 is 5.92 Å². The highest BCUT2D eigenvalue weighted by Crippen LogP contribution is 2.48. The molecule has 2 aromatic rings. The molecule has 4 rings (SSSR count).